The number of fused-ring (bicyclic) bond motifs is 2. The smallest absolute Gasteiger partial charge is 0.328 e. The predicted molar refractivity (Wildman–Crippen MR) is 190 cm³/mol. The molecular weight excluding hydrogens is 710 g/mol. The number of ether oxygens (including phenoxy) is 2. The van der Waals surface area contributed by atoms with Crippen LogP contribution in [0.2, 0.25) is 10.0 Å². The third kappa shape index (κ3) is 10.2. The Kier molecular flexibility index (Phi) is 13.5. The van der Waals surface area contributed by atoms with E-state index in [1.807, 2.05) is 4.90 Å². The summed E-state index contributed by atoms with van der Waals surface area (Å²) in [6.07, 6.45) is 6.63. The molecule has 0 spiro atoms. The number of carbonyl (C=O) groups is 2. The van der Waals surface area contributed by atoms with Crippen LogP contribution in [0, 0.1) is 26.0 Å². The monoisotopic (exact) mass is 744 g/mol. The van der Waals surface area contributed by atoms with Crippen LogP contribution in [0.5, 0.6) is 11.5 Å². The molecule has 2 aliphatic rings. The van der Waals surface area contributed by atoms with E-state index in [0.717, 1.165) is 49.7 Å². The van der Waals surface area contributed by atoms with E-state index < -0.39 is 15.8 Å². The number of hydrogen-bond donors (Lipinski definition) is 1. The van der Waals surface area contributed by atoms with Gasteiger partial charge in [0.25, 0.3) is 11.4 Å². The minimum atomic E-state index is -1.20. The molecule has 5 rings (SSSR count). The SMILES string of the molecule is CCOc1cc(/C=C/C(=O)N2C3CCC2CN(Cc2ccc(F)cc2)C3)c([N+](=O)[O-])cc1Cl.CCOc1cc(/C=C/C(=O)O)c([N+](=O)[O-])cc1Cl. The van der Waals surface area contributed by atoms with Gasteiger partial charge in [-0.15, -0.1) is 0 Å². The molecule has 2 heterocycles. The number of amides is 1. The maximum absolute atomic E-state index is 13.2. The van der Waals surface area contributed by atoms with Crippen LogP contribution in [0.3, 0.4) is 0 Å². The fraction of sp³-hybridized carbons (Fsp3) is 0.314. The third-order valence-corrected chi connectivity index (χ3v) is 8.69. The normalized spacial score (nSPS) is 16.9. The topological polar surface area (TPSA) is 166 Å². The molecule has 51 heavy (non-hydrogen) atoms. The van der Waals surface area contributed by atoms with Crippen LogP contribution in [0.1, 0.15) is 43.4 Å². The summed E-state index contributed by atoms with van der Waals surface area (Å²) in [4.78, 5) is 48.8. The van der Waals surface area contributed by atoms with E-state index in [-0.39, 0.29) is 62.1 Å². The minimum absolute atomic E-state index is 0.0838. The predicted octanol–water partition coefficient (Wildman–Crippen LogP) is 7.42. The minimum Gasteiger partial charge on any atom is -0.492 e. The number of nitro benzene ring substituents is 2. The van der Waals surface area contributed by atoms with Crippen molar-refractivity contribution >= 4 is 58.6 Å². The first-order valence-electron chi connectivity index (χ1n) is 15.9. The van der Waals surface area contributed by atoms with Crippen LogP contribution >= 0.6 is 23.2 Å². The Morgan fingerprint density at radius 2 is 1.33 bits per heavy atom. The van der Waals surface area contributed by atoms with Crippen molar-refractivity contribution in [2.45, 2.75) is 45.3 Å². The number of aliphatic carboxylic acids is 1. The summed E-state index contributed by atoms with van der Waals surface area (Å²) >= 11 is 11.9. The van der Waals surface area contributed by atoms with E-state index in [0.29, 0.717) is 25.5 Å². The van der Waals surface area contributed by atoms with Crippen molar-refractivity contribution in [2.24, 2.45) is 0 Å². The highest BCUT2D eigenvalue weighted by atomic mass is 35.5. The van der Waals surface area contributed by atoms with Gasteiger partial charge in [-0.1, -0.05) is 35.3 Å². The number of carboxylic acid groups (broad SMARTS) is 1. The van der Waals surface area contributed by atoms with Gasteiger partial charge in [0.1, 0.15) is 17.3 Å². The fourth-order valence-electron chi connectivity index (χ4n) is 5.97. The highest BCUT2D eigenvalue weighted by Crippen LogP contribution is 2.35. The lowest BCUT2D eigenvalue weighted by atomic mass is 10.1. The Morgan fingerprint density at radius 1 is 0.863 bits per heavy atom. The van der Waals surface area contributed by atoms with Crippen molar-refractivity contribution in [1.82, 2.24) is 9.80 Å². The number of carboxylic acids is 1. The van der Waals surface area contributed by atoms with Crippen LogP contribution in [-0.4, -0.2) is 75.0 Å². The zero-order valence-electron chi connectivity index (χ0n) is 27.7. The van der Waals surface area contributed by atoms with Gasteiger partial charge in [-0.3, -0.25) is 29.9 Å². The number of carbonyl (C=O) groups excluding carboxylic acids is 1. The van der Waals surface area contributed by atoms with Crippen molar-refractivity contribution in [3.05, 3.63) is 113 Å². The van der Waals surface area contributed by atoms with E-state index in [1.54, 1.807) is 26.0 Å². The lowest BCUT2D eigenvalue weighted by Gasteiger charge is -2.40. The molecule has 3 aromatic carbocycles. The van der Waals surface area contributed by atoms with Crippen molar-refractivity contribution < 1.29 is 38.4 Å². The summed E-state index contributed by atoms with van der Waals surface area (Å²) in [5.74, 6) is -1.00. The van der Waals surface area contributed by atoms with E-state index in [1.165, 1.54) is 42.5 Å². The summed E-state index contributed by atoms with van der Waals surface area (Å²) in [6.45, 7) is 6.44. The number of nitro groups is 2. The Balaban J connectivity index is 0.000000275. The maximum atomic E-state index is 13.2. The van der Waals surface area contributed by atoms with Gasteiger partial charge in [0.15, 0.2) is 0 Å². The molecule has 0 saturated carbocycles. The highest BCUT2D eigenvalue weighted by Gasteiger charge is 2.41. The molecule has 2 unspecified atom stereocenters. The first kappa shape index (κ1) is 38.7. The van der Waals surface area contributed by atoms with Crippen LogP contribution < -0.4 is 9.47 Å². The molecule has 2 bridgehead atoms. The van der Waals surface area contributed by atoms with Gasteiger partial charge < -0.3 is 19.5 Å². The highest BCUT2D eigenvalue weighted by molar-refractivity contribution is 6.32. The standard InChI is InChI=1S/C24H25ClFN3O4.C11H10ClNO5/c1-2-33-23-11-17(22(29(31)32)12-21(23)25)5-10-24(30)28-19-8-9-20(28)15-27(14-19)13-16-3-6-18(26)7-4-16;1-2-18-10-5-7(3-4-11(14)15)9(13(16)17)6-8(10)12/h3-7,10-12,19-20H,2,8-9,13-15H2,1H3;3-6H,2H2,1H3,(H,14,15)/b10-5+;4-3+. The van der Waals surface area contributed by atoms with Gasteiger partial charge in [0, 0.05) is 56.0 Å². The number of benzene rings is 3. The van der Waals surface area contributed by atoms with Crippen LogP contribution in [-0.2, 0) is 16.1 Å². The lowest BCUT2D eigenvalue weighted by molar-refractivity contribution is -0.385. The second kappa shape index (κ2) is 17.7. The Bertz CT molecular complexity index is 1820. The third-order valence-electron chi connectivity index (χ3n) is 8.10. The van der Waals surface area contributed by atoms with Gasteiger partial charge in [0.05, 0.1) is 44.2 Å². The molecule has 0 aliphatic carbocycles. The average Bonchev–Trinajstić information content (AvgIpc) is 3.35. The number of halogens is 3. The first-order valence-corrected chi connectivity index (χ1v) is 16.7. The molecule has 0 aromatic heterocycles. The maximum Gasteiger partial charge on any atom is 0.328 e. The van der Waals surface area contributed by atoms with Crippen molar-refractivity contribution in [3.63, 3.8) is 0 Å². The average molecular weight is 746 g/mol. The van der Waals surface area contributed by atoms with E-state index in [2.05, 4.69) is 4.90 Å². The molecule has 2 fully saturated rings. The van der Waals surface area contributed by atoms with Gasteiger partial charge >= 0.3 is 5.97 Å². The zero-order valence-corrected chi connectivity index (χ0v) is 29.2. The van der Waals surface area contributed by atoms with Gasteiger partial charge in [-0.2, -0.15) is 0 Å². The Hall–Kier alpha value is -5.05. The Morgan fingerprint density at radius 3 is 1.76 bits per heavy atom. The molecule has 1 N–H and O–H groups in total. The lowest BCUT2D eigenvalue weighted by Crippen LogP contribution is -2.55. The number of piperazine rings is 1. The molecule has 16 heteroatoms. The van der Waals surface area contributed by atoms with Crippen molar-refractivity contribution in [2.75, 3.05) is 26.3 Å². The molecule has 13 nitrogen and oxygen atoms in total. The summed E-state index contributed by atoms with van der Waals surface area (Å²) in [6, 6.07) is 11.9. The quantitative estimate of drug-likeness (QED) is 0.112. The molecular formula is C35H35Cl2FN4O9. The van der Waals surface area contributed by atoms with Gasteiger partial charge in [-0.05, 0) is 68.7 Å². The summed E-state index contributed by atoms with van der Waals surface area (Å²) in [5, 5.41) is 31.1. The molecule has 2 saturated heterocycles. The van der Waals surface area contributed by atoms with Crippen molar-refractivity contribution in [3.8, 4) is 11.5 Å². The summed E-state index contributed by atoms with van der Waals surface area (Å²) in [5.41, 5.74) is 0.968. The number of hydrogen-bond acceptors (Lipinski definition) is 9. The summed E-state index contributed by atoms with van der Waals surface area (Å²) < 4.78 is 23.8. The second-order valence-corrected chi connectivity index (χ2v) is 12.3. The van der Waals surface area contributed by atoms with Crippen molar-refractivity contribution in [1.29, 1.82) is 0 Å². The zero-order chi connectivity index (χ0) is 37.2. The number of nitrogens with zero attached hydrogens (tertiary/aromatic N) is 4. The molecule has 2 aliphatic heterocycles. The van der Waals surface area contributed by atoms with E-state index in [9.17, 15) is 34.2 Å². The number of rotatable bonds is 12. The van der Waals surface area contributed by atoms with E-state index >= 15 is 0 Å². The van der Waals surface area contributed by atoms with Gasteiger partial charge in [0.2, 0.25) is 5.91 Å². The second-order valence-electron chi connectivity index (χ2n) is 11.5. The van der Waals surface area contributed by atoms with Crippen LogP contribution in [0.15, 0.2) is 60.7 Å². The molecule has 3 aromatic rings. The Labute approximate surface area is 302 Å². The first-order chi connectivity index (χ1) is 24.3. The molecule has 2 atom stereocenters. The van der Waals surface area contributed by atoms with Crippen LogP contribution in [0.4, 0.5) is 15.8 Å². The molecule has 1 amide bonds. The fourth-order valence-corrected chi connectivity index (χ4v) is 6.39. The van der Waals surface area contributed by atoms with Gasteiger partial charge in [-0.25, -0.2) is 9.18 Å². The molecule has 270 valence electrons. The van der Waals surface area contributed by atoms with Crippen LogP contribution in [0.25, 0.3) is 12.2 Å². The molecule has 0 radical (unpaired) electrons. The van der Waals surface area contributed by atoms with E-state index in [4.69, 9.17) is 37.8 Å². The largest absolute Gasteiger partial charge is 0.492 e. The summed E-state index contributed by atoms with van der Waals surface area (Å²) in [7, 11) is 0. The number of likely N-dealkylation sites (tertiary alicyclic amines) is 1.